The Morgan fingerprint density at radius 3 is 2.47 bits per heavy atom. The molecule has 7 nitrogen and oxygen atoms in total. The van der Waals surface area contributed by atoms with E-state index in [0.29, 0.717) is 24.0 Å². The summed E-state index contributed by atoms with van der Waals surface area (Å²) in [6, 6.07) is 16.0. The van der Waals surface area contributed by atoms with E-state index in [9.17, 15) is 9.59 Å². The number of aliphatic carboxylic acids is 1. The lowest BCUT2D eigenvalue weighted by Crippen LogP contribution is -2.12. The number of benzene rings is 2. The molecule has 0 unspecified atom stereocenters. The number of hydrogen-bond acceptors (Lipinski definition) is 5. The molecule has 0 bridgehead atoms. The molecular weight excluding hydrogens is 432 g/mol. The predicted octanol–water partition coefficient (Wildman–Crippen LogP) is 4.63. The Bertz CT molecular complexity index is 1080. The fourth-order valence-electron chi connectivity index (χ4n) is 3.16. The van der Waals surface area contributed by atoms with Crippen molar-refractivity contribution in [2.24, 2.45) is 5.73 Å². The van der Waals surface area contributed by atoms with E-state index in [1.165, 1.54) is 0 Å². The number of primary amides is 1. The lowest BCUT2D eigenvalue weighted by molar-refractivity contribution is -0.140. The van der Waals surface area contributed by atoms with Crippen LogP contribution in [-0.2, 0) is 16.1 Å². The van der Waals surface area contributed by atoms with E-state index >= 15 is 0 Å². The van der Waals surface area contributed by atoms with Crippen LogP contribution in [0, 0.1) is 0 Å². The SMILES string of the molecule is CCO[C@@H](CC(=O)O)c1ccc(OCc2ccc(Cl)c(-c3ccc(C(N)=O)nc3)c2)cc1. The first kappa shape index (κ1) is 23.2. The molecule has 1 amide bonds. The number of nitrogens with zero attached hydrogens (tertiary/aromatic N) is 1. The van der Waals surface area contributed by atoms with E-state index in [0.717, 1.165) is 22.3 Å². The zero-order valence-electron chi connectivity index (χ0n) is 17.5. The van der Waals surface area contributed by atoms with Gasteiger partial charge in [0.15, 0.2) is 0 Å². The summed E-state index contributed by atoms with van der Waals surface area (Å²) in [5.41, 5.74) is 8.61. The molecule has 0 spiro atoms. The molecule has 1 aromatic heterocycles. The molecule has 0 saturated carbocycles. The maximum Gasteiger partial charge on any atom is 0.306 e. The largest absolute Gasteiger partial charge is 0.489 e. The van der Waals surface area contributed by atoms with Crippen molar-refractivity contribution in [3.63, 3.8) is 0 Å². The van der Waals surface area contributed by atoms with Crippen LogP contribution in [0.5, 0.6) is 5.75 Å². The number of aromatic nitrogens is 1. The van der Waals surface area contributed by atoms with Gasteiger partial charge in [-0.25, -0.2) is 0 Å². The minimum atomic E-state index is -0.915. The molecule has 2 aromatic carbocycles. The van der Waals surface area contributed by atoms with Crippen molar-refractivity contribution in [2.45, 2.75) is 26.1 Å². The number of pyridine rings is 1. The van der Waals surface area contributed by atoms with Crippen molar-refractivity contribution in [2.75, 3.05) is 6.61 Å². The Labute approximate surface area is 190 Å². The summed E-state index contributed by atoms with van der Waals surface area (Å²) >= 11 is 6.35. The highest BCUT2D eigenvalue weighted by Gasteiger charge is 2.16. The second kappa shape index (κ2) is 10.7. The van der Waals surface area contributed by atoms with Crippen LogP contribution < -0.4 is 10.5 Å². The Morgan fingerprint density at radius 1 is 1.12 bits per heavy atom. The molecule has 0 aliphatic rings. The van der Waals surface area contributed by atoms with Crippen LogP contribution in [0.1, 0.15) is 41.1 Å². The first-order valence-corrected chi connectivity index (χ1v) is 10.4. The zero-order chi connectivity index (χ0) is 23.1. The summed E-state index contributed by atoms with van der Waals surface area (Å²) in [4.78, 5) is 26.3. The van der Waals surface area contributed by atoms with Crippen LogP contribution >= 0.6 is 11.6 Å². The fourth-order valence-corrected chi connectivity index (χ4v) is 3.39. The summed E-state index contributed by atoms with van der Waals surface area (Å²) in [6.07, 6.45) is 0.952. The van der Waals surface area contributed by atoms with Gasteiger partial charge in [0, 0.05) is 29.0 Å². The van der Waals surface area contributed by atoms with Crippen molar-refractivity contribution in [3.05, 3.63) is 82.6 Å². The average Bonchev–Trinajstić information content (AvgIpc) is 2.78. The molecule has 3 rings (SSSR count). The van der Waals surface area contributed by atoms with Gasteiger partial charge in [-0.05, 0) is 48.4 Å². The number of rotatable bonds is 10. The topological polar surface area (TPSA) is 112 Å². The maximum absolute atomic E-state index is 11.2. The quantitative estimate of drug-likeness (QED) is 0.461. The lowest BCUT2D eigenvalue weighted by Gasteiger charge is -2.16. The number of nitrogens with two attached hydrogens (primary N) is 1. The van der Waals surface area contributed by atoms with Gasteiger partial charge >= 0.3 is 5.97 Å². The number of ether oxygens (including phenoxy) is 2. The van der Waals surface area contributed by atoms with Gasteiger partial charge in [-0.1, -0.05) is 35.9 Å². The van der Waals surface area contributed by atoms with Gasteiger partial charge in [0.25, 0.3) is 5.91 Å². The summed E-state index contributed by atoms with van der Waals surface area (Å²) in [5.74, 6) is -0.864. The molecule has 0 radical (unpaired) electrons. The molecule has 3 aromatic rings. The van der Waals surface area contributed by atoms with Crippen LogP contribution in [0.4, 0.5) is 0 Å². The van der Waals surface area contributed by atoms with E-state index in [1.807, 2.05) is 19.1 Å². The van der Waals surface area contributed by atoms with E-state index in [2.05, 4.69) is 4.98 Å². The van der Waals surface area contributed by atoms with Gasteiger partial charge in [-0.15, -0.1) is 0 Å². The zero-order valence-corrected chi connectivity index (χ0v) is 18.2. The molecule has 0 aliphatic carbocycles. The van der Waals surface area contributed by atoms with Crippen LogP contribution in [0.3, 0.4) is 0 Å². The normalized spacial score (nSPS) is 11.7. The standard InChI is InChI=1S/C24H23ClN2O5/c1-2-31-22(12-23(28)29)16-4-7-18(8-5-16)32-14-15-3-9-20(25)19(11-15)17-6-10-21(24(26)30)27-13-17/h3-11,13,22H,2,12,14H2,1H3,(H2,26,30)(H,28,29)/t22-/m0/s1. The van der Waals surface area contributed by atoms with Gasteiger partial charge in [0.1, 0.15) is 18.1 Å². The summed E-state index contributed by atoms with van der Waals surface area (Å²) in [7, 11) is 0. The third kappa shape index (κ3) is 6.06. The number of carboxylic acid groups (broad SMARTS) is 1. The number of carbonyl (C=O) groups excluding carboxylic acids is 1. The highest BCUT2D eigenvalue weighted by Crippen LogP contribution is 2.29. The number of hydrogen-bond donors (Lipinski definition) is 2. The Kier molecular flexibility index (Phi) is 7.81. The Balaban J connectivity index is 1.70. The molecule has 1 heterocycles. The molecule has 166 valence electrons. The molecule has 0 aliphatic heterocycles. The third-order valence-electron chi connectivity index (χ3n) is 4.74. The van der Waals surface area contributed by atoms with E-state index in [4.69, 9.17) is 31.9 Å². The second-order valence-electron chi connectivity index (χ2n) is 7.01. The van der Waals surface area contributed by atoms with Gasteiger partial charge in [-0.3, -0.25) is 14.6 Å². The lowest BCUT2D eigenvalue weighted by atomic mass is 10.0. The minimum absolute atomic E-state index is 0.100. The fraction of sp³-hybridized carbons (Fsp3) is 0.208. The monoisotopic (exact) mass is 454 g/mol. The first-order chi connectivity index (χ1) is 15.4. The second-order valence-corrected chi connectivity index (χ2v) is 7.42. The average molecular weight is 455 g/mol. The highest BCUT2D eigenvalue weighted by atomic mass is 35.5. The van der Waals surface area contributed by atoms with Crippen molar-refractivity contribution in [1.29, 1.82) is 0 Å². The Hall–Kier alpha value is -3.42. The van der Waals surface area contributed by atoms with Crippen molar-refractivity contribution < 1.29 is 24.2 Å². The van der Waals surface area contributed by atoms with E-state index < -0.39 is 18.0 Å². The van der Waals surface area contributed by atoms with Gasteiger partial charge < -0.3 is 20.3 Å². The third-order valence-corrected chi connectivity index (χ3v) is 5.07. The van der Waals surface area contributed by atoms with Crippen LogP contribution in [0.15, 0.2) is 60.8 Å². The molecule has 32 heavy (non-hydrogen) atoms. The van der Waals surface area contributed by atoms with E-state index in [1.54, 1.807) is 48.7 Å². The number of halogens is 1. The van der Waals surface area contributed by atoms with Crippen LogP contribution in [-0.4, -0.2) is 28.6 Å². The first-order valence-electron chi connectivity index (χ1n) is 9.98. The Morgan fingerprint density at radius 2 is 1.88 bits per heavy atom. The van der Waals surface area contributed by atoms with Gasteiger partial charge in [0.2, 0.25) is 0 Å². The number of carboxylic acids is 1. The van der Waals surface area contributed by atoms with Crippen LogP contribution in [0.2, 0.25) is 5.02 Å². The van der Waals surface area contributed by atoms with Crippen molar-refractivity contribution >= 4 is 23.5 Å². The summed E-state index contributed by atoms with van der Waals surface area (Å²) < 4.78 is 11.4. The van der Waals surface area contributed by atoms with Crippen molar-refractivity contribution in [1.82, 2.24) is 4.98 Å². The predicted molar refractivity (Wildman–Crippen MR) is 121 cm³/mol. The van der Waals surface area contributed by atoms with Gasteiger partial charge in [0.05, 0.1) is 12.5 Å². The molecular formula is C24H23ClN2O5. The van der Waals surface area contributed by atoms with Crippen molar-refractivity contribution in [3.8, 4) is 16.9 Å². The summed E-state index contributed by atoms with van der Waals surface area (Å²) in [6.45, 7) is 2.56. The summed E-state index contributed by atoms with van der Waals surface area (Å²) in [5, 5.41) is 9.61. The number of amides is 1. The highest BCUT2D eigenvalue weighted by molar-refractivity contribution is 6.33. The van der Waals surface area contributed by atoms with Crippen LogP contribution in [0.25, 0.3) is 11.1 Å². The number of carbonyl (C=O) groups is 2. The maximum atomic E-state index is 11.2. The van der Waals surface area contributed by atoms with Gasteiger partial charge in [-0.2, -0.15) is 0 Å². The minimum Gasteiger partial charge on any atom is -0.489 e. The smallest absolute Gasteiger partial charge is 0.306 e. The molecule has 8 heteroatoms. The molecule has 1 atom stereocenters. The molecule has 0 saturated heterocycles. The van der Waals surface area contributed by atoms with E-state index in [-0.39, 0.29) is 12.1 Å². The molecule has 0 fully saturated rings. The molecule has 3 N–H and O–H groups in total.